The van der Waals surface area contributed by atoms with E-state index >= 15 is 0 Å². The van der Waals surface area contributed by atoms with E-state index in [1.807, 2.05) is 13.0 Å². The molecule has 206 valence electrons. The van der Waals surface area contributed by atoms with E-state index in [1.165, 1.54) is 11.8 Å². The lowest BCUT2D eigenvalue weighted by atomic mass is 9.90. The highest BCUT2D eigenvalue weighted by molar-refractivity contribution is 5.98. The number of hydrogen-bond donors (Lipinski definition) is 0. The molecular formula is C28H29F4N5O2. The third-order valence-electron chi connectivity index (χ3n) is 7.41. The number of allylic oxidation sites excluding steroid dienone is 1. The van der Waals surface area contributed by atoms with Crippen LogP contribution in [0.15, 0.2) is 36.8 Å². The number of Topliss-reactive ketones (excluding diaryl/α,β-unsaturated/α-hetero) is 1. The second kappa shape index (κ2) is 11.0. The number of alkyl halides is 3. The first-order valence-electron chi connectivity index (χ1n) is 12.9. The molecule has 11 heteroatoms. The first kappa shape index (κ1) is 27.1. The molecule has 0 N–H and O–H groups in total. The summed E-state index contributed by atoms with van der Waals surface area (Å²) in [6, 6.07) is 2.85. The maximum Gasteiger partial charge on any atom is 0.417 e. The molecule has 7 nitrogen and oxygen atoms in total. The highest BCUT2D eigenvalue weighted by atomic mass is 19.4. The van der Waals surface area contributed by atoms with E-state index in [-0.39, 0.29) is 23.5 Å². The maximum atomic E-state index is 14.4. The van der Waals surface area contributed by atoms with Crippen molar-refractivity contribution in [3.63, 3.8) is 0 Å². The minimum Gasteiger partial charge on any atom is -0.379 e. The molecular weight excluding hydrogens is 514 g/mol. The van der Waals surface area contributed by atoms with Gasteiger partial charge in [-0.3, -0.25) is 14.7 Å². The molecule has 5 rings (SSSR count). The van der Waals surface area contributed by atoms with Gasteiger partial charge in [0.05, 0.1) is 41.9 Å². The van der Waals surface area contributed by atoms with Crippen molar-refractivity contribution in [1.29, 1.82) is 0 Å². The quantitative estimate of drug-likeness (QED) is 0.317. The molecule has 1 atom stereocenters. The molecule has 2 aliphatic rings. The van der Waals surface area contributed by atoms with Gasteiger partial charge in [-0.1, -0.05) is 12.1 Å². The minimum atomic E-state index is -4.72. The molecule has 39 heavy (non-hydrogen) atoms. The Morgan fingerprint density at radius 2 is 1.87 bits per heavy atom. The van der Waals surface area contributed by atoms with Crippen LogP contribution in [0.25, 0.3) is 11.4 Å². The standard InChI is InChI=1S/C28H29F4N5O2/c1-17-11-19(14-33-26(17)20-3-5-22(6-4-20)36-7-9-39-10-8-36)12-25(38)23-16-35-37(18(23)2)27-24(29)13-21(15-34-27)28(30,31)32/h3,11,13-16,22H,4-10,12H2,1-2H3. The Bertz CT molecular complexity index is 1410. The van der Waals surface area contributed by atoms with E-state index < -0.39 is 23.4 Å². The lowest BCUT2D eigenvalue weighted by Crippen LogP contribution is -2.43. The van der Waals surface area contributed by atoms with E-state index in [0.717, 1.165) is 67.1 Å². The highest BCUT2D eigenvalue weighted by Gasteiger charge is 2.32. The molecule has 1 fully saturated rings. The fourth-order valence-electron chi connectivity index (χ4n) is 5.29. The van der Waals surface area contributed by atoms with Crippen LogP contribution < -0.4 is 0 Å². The zero-order valence-corrected chi connectivity index (χ0v) is 21.8. The predicted octanol–water partition coefficient (Wildman–Crippen LogP) is 5.13. The van der Waals surface area contributed by atoms with Crippen LogP contribution in [-0.4, -0.2) is 62.8 Å². The summed E-state index contributed by atoms with van der Waals surface area (Å²) in [5.41, 5.74) is 3.21. The van der Waals surface area contributed by atoms with Gasteiger partial charge in [0.1, 0.15) is 0 Å². The Hall–Kier alpha value is -3.44. The van der Waals surface area contributed by atoms with Gasteiger partial charge in [-0.25, -0.2) is 14.1 Å². The van der Waals surface area contributed by atoms with Crippen molar-refractivity contribution >= 4 is 11.4 Å². The maximum absolute atomic E-state index is 14.4. The normalized spacial score (nSPS) is 18.7. The van der Waals surface area contributed by atoms with E-state index in [2.05, 4.69) is 26.0 Å². The van der Waals surface area contributed by atoms with Crippen molar-refractivity contribution in [1.82, 2.24) is 24.6 Å². The first-order valence-corrected chi connectivity index (χ1v) is 12.9. The number of ketones is 1. The van der Waals surface area contributed by atoms with Gasteiger partial charge in [-0.2, -0.15) is 18.3 Å². The Balaban J connectivity index is 1.27. The molecule has 4 heterocycles. The number of carbonyl (C=O) groups excluding carboxylic acids is 1. The van der Waals surface area contributed by atoms with Crippen LogP contribution in [0.2, 0.25) is 0 Å². The molecule has 0 spiro atoms. The third kappa shape index (κ3) is 5.79. The molecule has 0 amide bonds. The monoisotopic (exact) mass is 543 g/mol. The van der Waals surface area contributed by atoms with Crippen LogP contribution in [0.3, 0.4) is 0 Å². The molecule has 3 aromatic heterocycles. The topological polar surface area (TPSA) is 73.1 Å². The Kier molecular flexibility index (Phi) is 7.64. The number of halogens is 4. The molecule has 3 aromatic rings. The SMILES string of the molecule is Cc1cc(CC(=O)c2cnn(-c3ncc(C(F)(F)F)cc3F)c2C)cnc1C1=CCC(N2CCOCC2)CC1. The molecule has 0 bridgehead atoms. The lowest BCUT2D eigenvalue weighted by Gasteiger charge is -2.36. The van der Waals surface area contributed by atoms with E-state index in [9.17, 15) is 22.4 Å². The summed E-state index contributed by atoms with van der Waals surface area (Å²) in [5, 5.41) is 4.01. The van der Waals surface area contributed by atoms with Crippen LogP contribution in [0.5, 0.6) is 0 Å². The Morgan fingerprint density at radius 3 is 2.51 bits per heavy atom. The van der Waals surface area contributed by atoms with Crippen LogP contribution in [-0.2, 0) is 17.3 Å². The van der Waals surface area contributed by atoms with Crippen molar-refractivity contribution in [2.75, 3.05) is 26.3 Å². The fourth-order valence-corrected chi connectivity index (χ4v) is 5.29. The van der Waals surface area contributed by atoms with Gasteiger partial charge in [-0.05, 0) is 55.9 Å². The molecule has 0 saturated carbocycles. The molecule has 1 aliphatic heterocycles. The summed E-state index contributed by atoms with van der Waals surface area (Å²) in [6.45, 7) is 7.05. The second-order valence-electron chi connectivity index (χ2n) is 10.00. The van der Waals surface area contributed by atoms with E-state index in [1.54, 1.807) is 13.1 Å². The van der Waals surface area contributed by atoms with E-state index in [0.29, 0.717) is 18.3 Å². The average Bonchev–Trinajstić information content (AvgIpc) is 3.30. The number of aryl methyl sites for hydroxylation is 1. The first-order chi connectivity index (χ1) is 18.6. The van der Waals surface area contributed by atoms with Crippen LogP contribution in [0.1, 0.15) is 57.7 Å². The number of ether oxygens (including phenoxy) is 1. The summed E-state index contributed by atoms with van der Waals surface area (Å²) < 4.78 is 59.5. The summed E-state index contributed by atoms with van der Waals surface area (Å²) in [4.78, 5) is 23.8. The summed E-state index contributed by atoms with van der Waals surface area (Å²) >= 11 is 0. The van der Waals surface area contributed by atoms with Crippen molar-refractivity contribution in [3.05, 3.63) is 76.3 Å². The number of hydrogen-bond acceptors (Lipinski definition) is 6. The predicted molar refractivity (Wildman–Crippen MR) is 136 cm³/mol. The minimum absolute atomic E-state index is 0.0573. The van der Waals surface area contributed by atoms with Crippen LogP contribution in [0.4, 0.5) is 17.6 Å². The van der Waals surface area contributed by atoms with Crippen molar-refractivity contribution < 1.29 is 27.1 Å². The van der Waals surface area contributed by atoms with Crippen LogP contribution >= 0.6 is 0 Å². The lowest BCUT2D eigenvalue weighted by molar-refractivity contribution is -0.138. The van der Waals surface area contributed by atoms with Gasteiger partial charge in [0.2, 0.25) is 0 Å². The molecule has 1 aliphatic carbocycles. The second-order valence-corrected chi connectivity index (χ2v) is 10.00. The number of aromatic nitrogens is 4. The van der Waals surface area contributed by atoms with Gasteiger partial charge >= 0.3 is 6.18 Å². The highest BCUT2D eigenvalue weighted by Crippen LogP contribution is 2.32. The van der Waals surface area contributed by atoms with Crippen molar-refractivity contribution in [2.45, 2.75) is 51.7 Å². The van der Waals surface area contributed by atoms with Gasteiger partial charge < -0.3 is 4.74 Å². The zero-order chi connectivity index (χ0) is 27.7. The summed E-state index contributed by atoms with van der Waals surface area (Å²) in [7, 11) is 0. The molecule has 0 radical (unpaired) electrons. The number of nitrogens with zero attached hydrogens (tertiary/aromatic N) is 5. The smallest absolute Gasteiger partial charge is 0.379 e. The van der Waals surface area contributed by atoms with Gasteiger partial charge in [-0.15, -0.1) is 0 Å². The fraction of sp³-hybridized carbons (Fsp3) is 0.429. The number of morpholine rings is 1. The summed E-state index contributed by atoms with van der Waals surface area (Å²) in [6.07, 6.45) is 4.14. The van der Waals surface area contributed by atoms with Gasteiger partial charge in [0.15, 0.2) is 17.4 Å². The zero-order valence-electron chi connectivity index (χ0n) is 21.8. The van der Waals surface area contributed by atoms with Crippen LogP contribution in [0, 0.1) is 19.7 Å². The van der Waals surface area contributed by atoms with Crippen molar-refractivity contribution in [3.8, 4) is 5.82 Å². The number of carbonyl (C=O) groups is 1. The largest absolute Gasteiger partial charge is 0.417 e. The molecule has 1 unspecified atom stereocenters. The average molecular weight is 544 g/mol. The third-order valence-corrected chi connectivity index (χ3v) is 7.41. The molecule has 0 aromatic carbocycles. The number of rotatable bonds is 6. The summed E-state index contributed by atoms with van der Waals surface area (Å²) in [5.74, 6) is -1.85. The number of pyridine rings is 2. The Morgan fingerprint density at radius 1 is 1.10 bits per heavy atom. The molecule has 1 saturated heterocycles. The van der Waals surface area contributed by atoms with Crippen molar-refractivity contribution in [2.24, 2.45) is 0 Å². The Labute approximate surface area is 223 Å². The van der Waals surface area contributed by atoms with Gasteiger partial charge in [0, 0.05) is 37.9 Å². The van der Waals surface area contributed by atoms with E-state index in [4.69, 9.17) is 4.74 Å². The van der Waals surface area contributed by atoms with Gasteiger partial charge in [0.25, 0.3) is 0 Å².